The quantitative estimate of drug-likeness (QED) is 0.876. The number of benzene rings is 1. The molecule has 24 heavy (non-hydrogen) atoms. The topological polar surface area (TPSA) is 58.6 Å². The summed E-state index contributed by atoms with van der Waals surface area (Å²) in [5, 5.41) is 4.90. The van der Waals surface area contributed by atoms with Crippen LogP contribution >= 0.6 is 11.3 Å². The molecular weight excluding hydrogens is 324 g/mol. The number of rotatable bonds is 6. The SMILES string of the molecule is C[C@H](NC(=O)COc1cccc(N2CCCC2=O)c1)c1cccs1. The van der Waals surface area contributed by atoms with E-state index in [9.17, 15) is 9.59 Å². The van der Waals surface area contributed by atoms with Crippen molar-refractivity contribution < 1.29 is 14.3 Å². The van der Waals surface area contributed by atoms with Crippen molar-refractivity contribution in [2.75, 3.05) is 18.1 Å². The molecule has 1 aliphatic heterocycles. The van der Waals surface area contributed by atoms with Gasteiger partial charge in [0.05, 0.1) is 6.04 Å². The van der Waals surface area contributed by atoms with Crippen molar-refractivity contribution in [2.45, 2.75) is 25.8 Å². The van der Waals surface area contributed by atoms with Gasteiger partial charge in [0.15, 0.2) is 6.61 Å². The van der Waals surface area contributed by atoms with E-state index in [-0.39, 0.29) is 24.5 Å². The maximum atomic E-state index is 12.0. The molecule has 2 heterocycles. The van der Waals surface area contributed by atoms with Crippen molar-refractivity contribution in [1.29, 1.82) is 0 Å². The third-order valence-corrected chi connectivity index (χ3v) is 4.98. The smallest absolute Gasteiger partial charge is 0.258 e. The Morgan fingerprint density at radius 2 is 2.25 bits per heavy atom. The zero-order valence-corrected chi connectivity index (χ0v) is 14.3. The van der Waals surface area contributed by atoms with E-state index >= 15 is 0 Å². The van der Waals surface area contributed by atoms with Gasteiger partial charge in [0, 0.05) is 29.6 Å². The van der Waals surface area contributed by atoms with Crippen molar-refractivity contribution in [1.82, 2.24) is 5.32 Å². The molecule has 0 aliphatic carbocycles. The molecule has 0 unspecified atom stereocenters. The van der Waals surface area contributed by atoms with Gasteiger partial charge in [-0.25, -0.2) is 0 Å². The minimum absolute atomic E-state index is 0.0327. The first-order chi connectivity index (χ1) is 11.6. The lowest BCUT2D eigenvalue weighted by molar-refractivity contribution is -0.123. The van der Waals surface area contributed by atoms with Gasteiger partial charge in [0.2, 0.25) is 5.91 Å². The third-order valence-electron chi connectivity index (χ3n) is 3.92. The Kier molecular flexibility index (Phi) is 5.15. The summed E-state index contributed by atoms with van der Waals surface area (Å²) in [5.74, 6) is 0.555. The molecule has 1 aliphatic rings. The summed E-state index contributed by atoms with van der Waals surface area (Å²) in [6.45, 7) is 2.64. The summed E-state index contributed by atoms with van der Waals surface area (Å²) in [6.07, 6.45) is 1.47. The fraction of sp³-hybridized carbons (Fsp3) is 0.333. The number of ether oxygens (including phenoxy) is 1. The van der Waals surface area contributed by atoms with Crippen LogP contribution in [0.4, 0.5) is 5.69 Å². The first kappa shape index (κ1) is 16.5. The molecule has 5 nitrogen and oxygen atoms in total. The molecule has 0 bridgehead atoms. The summed E-state index contributed by atoms with van der Waals surface area (Å²) in [4.78, 5) is 26.7. The van der Waals surface area contributed by atoms with Crippen LogP contribution in [0.1, 0.15) is 30.7 Å². The van der Waals surface area contributed by atoms with Crippen LogP contribution < -0.4 is 15.0 Å². The number of thiophene rings is 1. The van der Waals surface area contributed by atoms with E-state index in [2.05, 4.69) is 5.32 Å². The lowest BCUT2D eigenvalue weighted by Crippen LogP contribution is -2.31. The van der Waals surface area contributed by atoms with Gasteiger partial charge in [-0.2, -0.15) is 0 Å². The molecule has 2 aromatic rings. The van der Waals surface area contributed by atoms with E-state index in [1.54, 1.807) is 28.4 Å². The number of nitrogens with one attached hydrogen (secondary N) is 1. The molecule has 1 saturated heterocycles. The van der Waals surface area contributed by atoms with Gasteiger partial charge in [-0.1, -0.05) is 12.1 Å². The van der Waals surface area contributed by atoms with E-state index < -0.39 is 0 Å². The molecule has 0 radical (unpaired) electrons. The van der Waals surface area contributed by atoms with E-state index in [1.165, 1.54) is 0 Å². The van der Waals surface area contributed by atoms with Crippen LogP contribution in [0.25, 0.3) is 0 Å². The summed E-state index contributed by atoms with van der Waals surface area (Å²) < 4.78 is 5.57. The highest BCUT2D eigenvalue weighted by molar-refractivity contribution is 7.10. The molecule has 126 valence electrons. The highest BCUT2D eigenvalue weighted by Crippen LogP contribution is 2.25. The molecule has 1 aromatic heterocycles. The molecule has 6 heteroatoms. The number of carbonyl (C=O) groups is 2. The van der Waals surface area contributed by atoms with Crippen LogP contribution in [0.3, 0.4) is 0 Å². The second-order valence-corrected chi connectivity index (χ2v) is 6.72. The van der Waals surface area contributed by atoms with Gasteiger partial charge >= 0.3 is 0 Å². The van der Waals surface area contributed by atoms with Crippen molar-refractivity contribution in [3.63, 3.8) is 0 Å². The van der Waals surface area contributed by atoms with Crippen LogP contribution in [-0.2, 0) is 9.59 Å². The van der Waals surface area contributed by atoms with Crippen molar-refractivity contribution in [3.05, 3.63) is 46.7 Å². The van der Waals surface area contributed by atoms with Gasteiger partial charge < -0.3 is 15.0 Å². The number of nitrogens with zero attached hydrogens (tertiary/aromatic N) is 1. The van der Waals surface area contributed by atoms with Crippen LogP contribution in [-0.4, -0.2) is 25.0 Å². The lowest BCUT2D eigenvalue weighted by Gasteiger charge is -2.17. The average molecular weight is 344 g/mol. The van der Waals surface area contributed by atoms with Crippen LogP contribution in [0.2, 0.25) is 0 Å². The number of carbonyl (C=O) groups excluding carboxylic acids is 2. The van der Waals surface area contributed by atoms with Gasteiger partial charge in [-0.15, -0.1) is 11.3 Å². The summed E-state index contributed by atoms with van der Waals surface area (Å²) >= 11 is 1.61. The third kappa shape index (κ3) is 3.94. The number of hydrogen-bond donors (Lipinski definition) is 1. The number of amides is 2. The predicted molar refractivity (Wildman–Crippen MR) is 94.4 cm³/mol. The molecule has 2 amide bonds. The van der Waals surface area contributed by atoms with Gasteiger partial charge in [-0.3, -0.25) is 9.59 Å². The van der Waals surface area contributed by atoms with E-state index in [0.717, 1.165) is 23.5 Å². The Morgan fingerprint density at radius 3 is 2.96 bits per heavy atom. The highest BCUT2D eigenvalue weighted by Gasteiger charge is 2.21. The predicted octanol–water partition coefficient (Wildman–Crippen LogP) is 3.13. The Bertz CT molecular complexity index is 715. The average Bonchev–Trinajstić information content (AvgIpc) is 3.24. The Hall–Kier alpha value is -2.34. The fourth-order valence-corrected chi connectivity index (χ4v) is 3.44. The van der Waals surface area contributed by atoms with E-state index in [0.29, 0.717) is 12.2 Å². The Balaban J connectivity index is 1.54. The molecule has 3 rings (SSSR count). The molecule has 0 saturated carbocycles. The monoisotopic (exact) mass is 344 g/mol. The van der Waals surface area contributed by atoms with E-state index in [4.69, 9.17) is 4.74 Å². The normalized spacial score (nSPS) is 15.4. The van der Waals surface area contributed by atoms with Crippen LogP contribution in [0, 0.1) is 0 Å². The second kappa shape index (κ2) is 7.49. The largest absolute Gasteiger partial charge is 0.484 e. The second-order valence-electron chi connectivity index (χ2n) is 5.74. The summed E-state index contributed by atoms with van der Waals surface area (Å²) in [7, 11) is 0. The fourth-order valence-electron chi connectivity index (χ4n) is 2.70. The Labute approximate surface area is 145 Å². The molecule has 1 aromatic carbocycles. The summed E-state index contributed by atoms with van der Waals surface area (Å²) in [5.41, 5.74) is 0.822. The minimum Gasteiger partial charge on any atom is -0.484 e. The first-order valence-electron chi connectivity index (χ1n) is 7.99. The van der Waals surface area contributed by atoms with Crippen LogP contribution in [0.15, 0.2) is 41.8 Å². The van der Waals surface area contributed by atoms with Gasteiger partial charge in [0.25, 0.3) is 5.91 Å². The van der Waals surface area contributed by atoms with Crippen molar-refractivity contribution >= 4 is 28.8 Å². The number of hydrogen-bond acceptors (Lipinski definition) is 4. The molecule has 1 fully saturated rings. The zero-order valence-electron chi connectivity index (χ0n) is 13.5. The van der Waals surface area contributed by atoms with Gasteiger partial charge in [-0.05, 0) is 36.9 Å². The molecular formula is C18H20N2O3S. The van der Waals surface area contributed by atoms with Crippen molar-refractivity contribution in [2.24, 2.45) is 0 Å². The van der Waals surface area contributed by atoms with Crippen LogP contribution in [0.5, 0.6) is 5.75 Å². The highest BCUT2D eigenvalue weighted by atomic mass is 32.1. The zero-order chi connectivity index (χ0) is 16.9. The maximum absolute atomic E-state index is 12.0. The molecule has 1 atom stereocenters. The lowest BCUT2D eigenvalue weighted by atomic mass is 10.2. The van der Waals surface area contributed by atoms with Gasteiger partial charge in [0.1, 0.15) is 5.75 Å². The molecule has 1 N–H and O–H groups in total. The first-order valence-corrected chi connectivity index (χ1v) is 8.87. The standard InChI is InChI=1S/C18H20N2O3S/c1-13(16-7-4-10-24-16)19-17(21)12-23-15-6-2-5-14(11-15)20-9-3-8-18(20)22/h2,4-7,10-11,13H,3,8-9,12H2,1H3,(H,19,21)/t13-/m0/s1. The summed E-state index contributed by atoms with van der Waals surface area (Å²) in [6, 6.07) is 11.2. The Morgan fingerprint density at radius 1 is 1.38 bits per heavy atom. The maximum Gasteiger partial charge on any atom is 0.258 e. The number of anilines is 1. The minimum atomic E-state index is -0.168. The van der Waals surface area contributed by atoms with Crippen molar-refractivity contribution in [3.8, 4) is 5.75 Å². The van der Waals surface area contributed by atoms with E-state index in [1.807, 2.05) is 36.6 Å². The molecule has 0 spiro atoms.